The van der Waals surface area contributed by atoms with Crippen LogP contribution in [-0.4, -0.2) is 74.0 Å². The van der Waals surface area contributed by atoms with Gasteiger partial charge in [-0.3, -0.25) is 4.79 Å². The van der Waals surface area contributed by atoms with E-state index in [-0.39, 0.29) is 48.3 Å². The molecule has 3 aliphatic rings. The Morgan fingerprint density at radius 2 is 1.76 bits per heavy atom. The minimum absolute atomic E-state index is 0.0145. The molecule has 7 nitrogen and oxygen atoms in total. The molecule has 2 saturated heterocycles. The number of hydrogen-bond acceptors (Lipinski definition) is 6. The molecule has 2 aromatic rings. The molecule has 2 aliphatic heterocycles. The molecular formula is C25H33ClN2O5S. The average molecular weight is 509 g/mol. The number of benzene rings is 1. The van der Waals surface area contributed by atoms with Gasteiger partial charge >= 0.3 is 0 Å². The minimum atomic E-state index is -3.08. The summed E-state index contributed by atoms with van der Waals surface area (Å²) < 4.78 is 36.0. The second kappa shape index (κ2) is 9.36. The molecule has 0 spiro atoms. The van der Waals surface area contributed by atoms with E-state index >= 15 is 0 Å². The third-order valence-corrected chi connectivity index (χ3v) is 9.45. The Kier molecular flexibility index (Phi) is 6.59. The lowest BCUT2D eigenvalue weighted by atomic mass is 9.90. The first-order valence-corrected chi connectivity index (χ1v) is 14.6. The van der Waals surface area contributed by atoms with Crippen LogP contribution in [0.25, 0.3) is 11.0 Å². The Labute approximate surface area is 206 Å². The van der Waals surface area contributed by atoms with Crippen molar-refractivity contribution < 1.29 is 22.4 Å². The molecule has 1 amide bonds. The van der Waals surface area contributed by atoms with Gasteiger partial charge in [-0.2, -0.15) is 0 Å². The van der Waals surface area contributed by atoms with Crippen molar-refractivity contribution in [1.82, 2.24) is 9.80 Å². The number of ether oxygens (including phenoxy) is 1. The Hall–Kier alpha value is -1.77. The van der Waals surface area contributed by atoms with Gasteiger partial charge in [-0.25, -0.2) is 8.42 Å². The normalized spacial score (nSPS) is 22.3. The van der Waals surface area contributed by atoms with E-state index in [2.05, 4.69) is 4.90 Å². The SMILES string of the molecule is CC(C)c1c(C(=O)N2CCS(=O)(=O)CC2)oc2cc(OC3CCN(C4CCC4)CC3)c(Cl)cc12. The molecule has 0 atom stereocenters. The summed E-state index contributed by atoms with van der Waals surface area (Å²) in [7, 11) is -3.08. The van der Waals surface area contributed by atoms with Crippen LogP contribution in [-0.2, 0) is 9.84 Å². The number of rotatable bonds is 5. The third-order valence-electron chi connectivity index (χ3n) is 7.55. The molecule has 1 aromatic carbocycles. The highest BCUT2D eigenvalue weighted by atomic mass is 35.5. The molecule has 1 aliphatic carbocycles. The number of sulfone groups is 1. The summed E-state index contributed by atoms with van der Waals surface area (Å²) in [6.07, 6.45) is 6.05. The predicted molar refractivity (Wildman–Crippen MR) is 133 cm³/mol. The predicted octanol–water partition coefficient (Wildman–Crippen LogP) is 4.48. The summed E-state index contributed by atoms with van der Waals surface area (Å²) in [4.78, 5) is 17.4. The number of nitrogens with zero attached hydrogens (tertiary/aromatic N) is 2. The van der Waals surface area contributed by atoms with Gasteiger partial charge in [0.05, 0.1) is 16.5 Å². The van der Waals surface area contributed by atoms with E-state index in [4.69, 9.17) is 20.8 Å². The molecule has 0 radical (unpaired) electrons. The lowest BCUT2D eigenvalue weighted by Gasteiger charge is -2.41. The van der Waals surface area contributed by atoms with Gasteiger partial charge in [-0.05, 0) is 37.7 Å². The van der Waals surface area contributed by atoms with E-state index in [9.17, 15) is 13.2 Å². The molecule has 5 rings (SSSR count). The van der Waals surface area contributed by atoms with E-state index in [1.54, 1.807) is 11.0 Å². The lowest BCUT2D eigenvalue weighted by molar-refractivity contribution is 0.0494. The van der Waals surface area contributed by atoms with E-state index in [1.807, 2.05) is 19.9 Å². The summed E-state index contributed by atoms with van der Waals surface area (Å²) in [6.45, 7) is 6.50. The number of likely N-dealkylation sites (tertiary alicyclic amines) is 1. The molecule has 0 N–H and O–H groups in total. The minimum Gasteiger partial charge on any atom is -0.489 e. The molecule has 34 heavy (non-hydrogen) atoms. The van der Waals surface area contributed by atoms with Gasteiger partial charge < -0.3 is 19.0 Å². The average Bonchev–Trinajstić information content (AvgIpc) is 3.12. The summed E-state index contributed by atoms with van der Waals surface area (Å²) in [5, 5.41) is 1.32. The number of furan rings is 1. The zero-order valence-corrected chi connectivity index (χ0v) is 21.5. The number of amides is 1. The molecule has 1 aromatic heterocycles. The molecule has 3 heterocycles. The Balaban J connectivity index is 1.36. The van der Waals surface area contributed by atoms with E-state index < -0.39 is 9.84 Å². The van der Waals surface area contributed by atoms with Crippen LogP contribution in [0.5, 0.6) is 5.75 Å². The Bertz CT molecular complexity index is 1170. The maximum absolute atomic E-state index is 13.3. The third kappa shape index (κ3) is 4.69. The van der Waals surface area contributed by atoms with Crippen LogP contribution >= 0.6 is 11.6 Å². The van der Waals surface area contributed by atoms with Crippen LogP contribution in [0.3, 0.4) is 0 Å². The highest BCUT2D eigenvalue weighted by molar-refractivity contribution is 7.91. The van der Waals surface area contributed by atoms with Crippen molar-refractivity contribution in [2.24, 2.45) is 0 Å². The lowest BCUT2D eigenvalue weighted by Crippen LogP contribution is -2.46. The van der Waals surface area contributed by atoms with Gasteiger partial charge in [0, 0.05) is 49.2 Å². The summed E-state index contributed by atoms with van der Waals surface area (Å²) in [5.41, 5.74) is 1.37. The van der Waals surface area contributed by atoms with Crippen molar-refractivity contribution in [1.29, 1.82) is 0 Å². The Morgan fingerprint density at radius 1 is 1.09 bits per heavy atom. The zero-order chi connectivity index (χ0) is 24.0. The zero-order valence-electron chi connectivity index (χ0n) is 19.9. The highest BCUT2D eigenvalue weighted by Crippen LogP contribution is 2.39. The van der Waals surface area contributed by atoms with Crippen molar-refractivity contribution in [2.45, 2.75) is 64.0 Å². The van der Waals surface area contributed by atoms with Crippen LogP contribution in [0.4, 0.5) is 0 Å². The van der Waals surface area contributed by atoms with Gasteiger partial charge in [0.25, 0.3) is 5.91 Å². The van der Waals surface area contributed by atoms with E-state index in [0.717, 1.165) is 42.9 Å². The second-order valence-corrected chi connectivity index (χ2v) is 12.9. The van der Waals surface area contributed by atoms with Crippen LogP contribution < -0.4 is 4.74 Å². The number of carbonyl (C=O) groups excluding carboxylic acids is 1. The largest absolute Gasteiger partial charge is 0.489 e. The fraction of sp³-hybridized carbons (Fsp3) is 0.640. The maximum atomic E-state index is 13.3. The standard InChI is InChI=1S/C25H33ClN2O5S/c1-16(2)23-19-14-20(26)22(32-18-6-8-27(9-7-18)17-4-3-5-17)15-21(19)33-24(23)25(29)28-10-12-34(30,31)13-11-28/h14-18H,3-13H2,1-2H3. The van der Waals surface area contributed by atoms with Crippen molar-refractivity contribution in [3.8, 4) is 5.75 Å². The second-order valence-electron chi connectivity index (χ2n) is 10.2. The van der Waals surface area contributed by atoms with Crippen LogP contribution in [0, 0.1) is 0 Å². The van der Waals surface area contributed by atoms with Gasteiger partial charge in [-0.1, -0.05) is 31.9 Å². The summed E-state index contributed by atoms with van der Waals surface area (Å²) >= 11 is 6.64. The molecule has 0 bridgehead atoms. The first-order valence-electron chi connectivity index (χ1n) is 12.4. The van der Waals surface area contributed by atoms with Gasteiger partial charge in [0.15, 0.2) is 15.6 Å². The quantitative estimate of drug-likeness (QED) is 0.592. The topological polar surface area (TPSA) is 80.1 Å². The number of piperidine rings is 1. The van der Waals surface area contributed by atoms with Crippen LogP contribution in [0.2, 0.25) is 5.02 Å². The van der Waals surface area contributed by atoms with Crippen molar-refractivity contribution in [2.75, 3.05) is 37.7 Å². The van der Waals surface area contributed by atoms with Crippen molar-refractivity contribution >= 4 is 38.3 Å². The molecule has 3 fully saturated rings. The molecule has 1 saturated carbocycles. The summed E-state index contributed by atoms with van der Waals surface area (Å²) in [5.74, 6) is 0.595. The maximum Gasteiger partial charge on any atom is 0.289 e. The fourth-order valence-corrected chi connectivity index (χ4v) is 6.70. The molecular weight excluding hydrogens is 476 g/mol. The first kappa shape index (κ1) is 23.9. The van der Waals surface area contributed by atoms with E-state index in [1.165, 1.54) is 19.3 Å². The van der Waals surface area contributed by atoms with Gasteiger partial charge in [0.2, 0.25) is 0 Å². The molecule has 0 unspecified atom stereocenters. The van der Waals surface area contributed by atoms with Gasteiger partial charge in [0.1, 0.15) is 17.4 Å². The van der Waals surface area contributed by atoms with Crippen LogP contribution in [0.1, 0.15) is 68.0 Å². The van der Waals surface area contributed by atoms with Crippen molar-refractivity contribution in [3.63, 3.8) is 0 Å². The molecule has 186 valence electrons. The molecule has 9 heteroatoms. The van der Waals surface area contributed by atoms with Gasteiger partial charge in [-0.15, -0.1) is 0 Å². The van der Waals surface area contributed by atoms with Crippen LogP contribution in [0.15, 0.2) is 16.5 Å². The Morgan fingerprint density at radius 3 is 2.35 bits per heavy atom. The fourth-order valence-electron chi connectivity index (χ4n) is 5.29. The first-order chi connectivity index (χ1) is 16.2. The number of carbonyl (C=O) groups is 1. The number of halogens is 1. The smallest absolute Gasteiger partial charge is 0.289 e. The highest BCUT2D eigenvalue weighted by Gasteiger charge is 2.32. The number of fused-ring (bicyclic) bond motifs is 1. The van der Waals surface area contributed by atoms with E-state index in [0.29, 0.717) is 16.4 Å². The number of hydrogen-bond donors (Lipinski definition) is 0. The monoisotopic (exact) mass is 508 g/mol. The van der Waals surface area contributed by atoms with Crippen molar-refractivity contribution in [3.05, 3.63) is 28.5 Å². The summed E-state index contributed by atoms with van der Waals surface area (Å²) in [6, 6.07) is 4.40.